The Hall–Kier alpha value is -3.35. The Morgan fingerprint density at radius 2 is 0.933 bits per heavy atom. The van der Waals surface area contributed by atoms with Gasteiger partial charge in [-0.1, -0.05) is 0 Å². The number of hydrogen-bond donors (Lipinski definition) is 2. The van der Waals surface area contributed by atoms with E-state index in [0.29, 0.717) is 22.6 Å². The minimum absolute atomic E-state index is 0.619. The van der Waals surface area contributed by atoms with Gasteiger partial charge in [-0.05, 0) is 72.8 Å². The van der Waals surface area contributed by atoms with Gasteiger partial charge in [0.1, 0.15) is 17.2 Å². The van der Waals surface area contributed by atoms with Crippen LogP contribution >= 0.6 is 0 Å². The molecule has 3 aromatic carbocycles. The average Bonchev–Trinajstić information content (AvgIpc) is 2.82. The van der Waals surface area contributed by atoms with Crippen LogP contribution in [-0.2, 0) is 0 Å². The lowest BCUT2D eigenvalue weighted by Crippen LogP contribution is -2.25. The Morgan fingerprint density at radius 1 is 0.600 bits per heavy atom. The highest BCUT2D eigenvalue weighted by Gasteiger charge is 2.29. The van der Waals surface area contributed by atoms with E-state index in [1.807, 2.05) is 24.3 Å². The molecule has 0 aliphatic carbocycles. The molecule has 2 unspecified atom stereocenters. The van der Waals surface area contributed by atoms with E-state index in [2.05, 4.69) is 0 Å². The number of ether oxygens (including phenoxy) is 3. The fourth-order valence-corrected chi connectivity index (χ4v) is 3.03. The van der Waals surface area contributed by atoms with Crippen LogP contribution in [0.4, 0.5) is 0 Å². The number of benzene rings is 3. The number of rotatable bonds is 8. The second-order valence-corrected chi connectivity index (χ2v) is 6.64. The van der Waals surface area contributed by atoms with E-state index in [-0.39, 0.29) is 0 Å². The first-order valence-electron chi connectivity index (χ1n) is 9.46. The second kappa shape index (κ2) is 9.91. The molecule has 0 saturated heterocycles. The molecule has 0 bridgehead atoms. The van der Waals surface area contributed by atoms with Gasteiger partial charge in [-0.2, -0.15) is 4.58 Å². The summed E-state index contributed by atoms with van der Waals surface area (Å²) in [6.45, 7) is 0. The van der Waals surface area contributed by atoms with Crippen molar-refractivity contribution in [2.75, 3.05) is 21.3 Å². The molecule has 0 aliphatic heterocycles. The summed E-state index contributed by atoms with van der Waals surface area (Å²) in [5.74, 6) is 2.10. The SMILES string of the molecule is COc1ccc(C=[N+](C(O)c2ccc(OC)cc2)C(O)c2ccc(OC)cc2)cc1. The van der Waals surface area contributed by atoms with Crippen molar-refractivity contribution >= 4 is 6.21 Å². The summed E-state index contributed by atoms with van der Waals surface area (Å²) in [5, 5.41) is 22.2. The number of hydrogen-bond acceptors (Lipinski definition) is 5. The largest absolute Gasteiger partial charge is 0.497 e. The van der Waals surface area contributed by atoms with Crippen LogP contribution in [0.1, 0.15) is 29.1 Å². The molecule has 3 rings (SSSR count). The monoisotopic (exact) mass is 408 g/mol. The number of methoxy groups -OCH3 is 3. The zero-order chi connectivity index (χ0) is 21.5. The third-order valence-corrected chi connectivity index (χ3v) is 4.81. The third kappa shape index (κ3) is 4.97. The maximum absolute atomic E-state index is 11.1. The van der Waals surface area contributed by atoms with Crippen molar-refractivity contribution in [3.63, 3.8) is 0 Å². The molecule has 0 spiro atoms. The minimum Gasteiger partial charge on any atom is -0.497 e. The topological polar surface area (TPSA) is 71.2 Å². The molecule has 6 heteroatoms. The van der Waals surface area contributed by atoms with Crippen molar-refractivity contribution < 1.29 is 29.0 Å². The fourth-order valence-electron chi connectivity index (χ4n) is 3.03. The van der Waals surface area contributed by atoms with E-state index >= 15 is 0 Å². The quantitative estimate of drug-likeness (QED) is 0.339. The predicted octanol–water partition coefficient (Wildman–Crippen LogP) is 3.53. The molecule has 156 valence electrons. The maximum Gasteiger partial charge on any atom is 0.284 e. The predicted molar refractivity (Wildman–Crippen MR) is 114 cm³/mol. The van der Waals surface area contributed by atoms with Gasteiger partial charge in [0, 0.05) is 16.7 Å². The Kier molecular flexibility index (Phi) is 7.06. The molecule has 2 atom stereocenters. The van der Waals surface area contributed by atoms with E-state index in [0.717, 1.165) is 11.3 Å². The zero-order valence-electron chi connectivity index (χ0n) is 17.2. The van der Waals surface area contributed by atoms with Gasteiger partial charge in [-0.15, -0.1) is 0 Å². The number of aliphatic hydroxyl groups excluding tert-OH is 2. The third-order valence-electron chi connectivity index (χ3n) is 4.81. The summed E-state index contributed by atoms with van der Waals surface area (Å²) >= 11 is 0. The van der Waals surface area contributed by atoms with E-state index < -0.39 is 12.5 Å². The van der Waals surface area contributed by atoms with Gasteiger partial charge >= 0.3 is 0 Å². The molecule has 2 N–H and O–H groups in total. The molecule has 6 nitrogen and oxygen atoms in total. The summed E-state index contributed by atoms with van der Waals surface area (Å²) in [6.07, 6.45) is -0.464. The molecule has 0 aromatic heterocycles. The first-order chi connectivity index (χ1) is 14.5. The first-order valence-corrected chi connectivity index (χ1v) is 9.46. The molecule has 0 heterocycles. The standard InChI is InChI=1S/C24H26NO5/c1-28-20-10-4-17(5-11-20)16-25(23(26)18-6-12-21(29-2)13-7-18)24(27)19-8-14-22(30-3)15-9-19/h4-16,23-24,26-27H,1-3H3/q+1. The summed E-state index contributed by atoms with van der Waals surface area (Å²) in [6, 6.07) is 21.5. The summed E-state index contributed by atoms with van der Waals surface area (Å²) in [4.78, 5) is 0. The van der Waals surface area contributed by atoms with Gasteiger partial charge < -0.3 is 24.4 Å². The molecule has 0 saturated carbocycles. The van der Waals surface area contributed by atoms with Gasteiger partial charge in [0.05, 0.1) is 21.3 Å². The molecular formula is C24H26NO5+. The molecule has 0 fully saturated rings. The van der Waals surface area contributed by atoms with Crippen molar-refractivity contribution in [2.24, 2.45) is 0 Å². The molecule has 0 radical (unpaired) electrons. The Bertz CT molecular complexity index is 910. The van der Waals surface area contributed by atoms with Crippen LogP contribution in [0.5, 0.6) is 17.2 Å². The minimum atomic E-state index is -1.09. The van der Waals surface area contributed by atoms with Crippen LogP contribution in [0.25, 0.3) is 0 Å². The van der Waals surface area contributed by atoms with Crippen LogP contribution in [0, 0.1) is 0 Å². The van der Waals surface area contributed by atoms with Crippen LogP contribution in [-0.4, -0.2) is 42.3 Å². The fraction of sp³-hybridized carbons (Fsp3) is 0.208. The van der Waals surface area contributed by atoms with Crippen molar-refractivity contribution in [1.82, 2.24) is 0 Å². The highest BCUT2D eigenvalue weighted by Crippen LogP contribution is 2.26. The lowest BCUT2D eigenvalue weighted by Gasteiger charge is -2.17. The van der Waals surface area contributed by atoms with Crippen LogP contribution in [0.2, 0.25) is 0 Å². The van der Waals surface area contributed by atoms with Crippen molar-refractivity contribution in [3.05, 3.63) is 89.5 Å². The van der Waals surface area contributed by atoms with Crippen LogP contribution in [0.15, 0.2) is 72.8 Å². The normalized spacial score (nSPS) is 12.6. The van der Waals surface area contributed by atoms with Gasteiger partial charge in [0.25, 0.3) is 12.5 Å². The van der Waals surface area contributed by atoms with Gasteiger partial charge in [0.2, 0.25) is 0 Å². The Morgan fingerprint density at radius 3 is 1.27 bits per heavy atom. The summed E-state index contributed by atoms with van der Waals surface area (Å²) in [7, 11) is 4.77. The van der Waals surface area contributed by atoms with E-state index in [9.17, 15) is 10.2 Å². The van der Waals surface area contributed by atoms with Crippen LogP contribution in [0.3, 0.4) is 0 Å². The second-order valence-electron chi connectivity index (χ2n) is 6.64. The van der Waals surface area contributed by atoms with Crippen LogP contribution < -0.4 is 14.2 Å². The van der Waals surface area contributed by atoms with Gasteiger partial charge in [-0.25, -0.2) is 0 Å². The van der Waals surface area contributed by atoms with Gasteiger partial charge in [-0.3, -0.25) is 0 Å². The highest BCUT2D eigenvalue weighted by atomic mass is 16.5. The zero-order valence-corrected chi connectivity index (χ0v) is 17.2. The highest BCUT2D eigenvalue weighted by molar-refractivity contribution is 5.76. The van der Waals surface area contributed by atoms with Crippen molar-refractivity contribution in [2.45, 2.75) is 12.5 Å². The lowest BCUT2D eigenvalue weighted by atomic mass is 10.1. The maximum atomic E-state index is 11.1. The smallest absolute Gasteiger partial charge is 0.284 e. The number of aliphatic hydroxyl groups is 2. The molecule has 3 aromatic rings. The molecule has 0 aliphatic rings. The van der Waals surface area contributed by atoms with E-state index in [1.165, 1.54) is 4.58 Å². The molecule has 30 heavy (non-hydrogen) atoms. The summed E-state index contributed by atoms with van der Waals surface area (Å²) < 4.78 is 17.1. The average molecular weight is 408 g/mol. The van der Waals surface area contributed by atoms with E-state index in [1.54, 1.807) is 76.1 Å². The molecular weight excluding hydrogens is 382 g/mol. The molecule has 0 amide bonds. The Balaban J connectivity index is 2.00. The Labute approximate surface area is 176 Å². The van der Waals surface area contributed by atoms with Crippen molar-refractivity contribution in [1.29, 1.82) is 0 Å². The van der Waals surface area contributed by atoms with Gasteiger partial charge in [0.15, 0.2) is 6.21 Å². The summed E-state index contributed by atoms with van der Waals surface area (Å²) in [5.41, 5.74) is 2.04. The number of nitrogens with zero attached hydrogens (tertiary/aromatic N) is 1. The van der Waals surface area contributed by atoms with Crippen molar-refractivity contribution in [3.8, 4) is 17.2 Å². The first kappa shape index (κ1) is 21.4. The lowest BCUT2D eigenvalue weighted by molar-refractivity contribution is -0.684. The van der Waals surface area contributed by atoms with E-state index in [4.69, 9.17) is 14.2 Å².